The van der Waals surface area contributed by atoms with E-state index in [-0.39, 0.29) is 5.91 Å². The fourth-order valence-electron chi connectivity index (χ4n) is 3.35. The zero-order chi connectivity index (χ0) is 21.3. The van der Waals surface area contributed by atoms with Crippen molar-refractivity contribution in [3.8, 4) is 16.5 Å². The Bertz CT molecular complexity index is 913. The van der Waals surface area contributed by atoms with Gasteiger partial charge in [-0.15, -0.1) is 11.3 Å². The van der Waals surface area contributed by atoms with Gasteiger partial charge in [0.15, 0.2) is 0 Å². The number of hydrogen-bond acceptors (Lipinski definition) is 7. The minimum Gasteiger partial charge on any atom is -0.388 e. The van der Waals surface area contributed by atoms with Crippen LogP contribution in [0.2, 0.25) is 0 Å². The van der Waals surface area contributed by atoms with Crippen LogP contribution in [0.3, 0.4) is 0 Å². The molecule has 0 spiro atoms. The van der Waals surface area contributed by atoms with Gasteiger partial charge in [-0.3, -0.25) is 4.79 Å². The molecule has 0 aliphatic carbocycles. The maximum atomic E-state index is 12.4. The van der Waals surface area contributed by atoms with Crippen molar-refractivity contribution in [1.29, 1.82) is 5.26 Å². The van der Waals surface area contributed by atoms with E-state index in [1.54, 1.807) is 11.3 Å². The standard InChI is InChI=1S/C22H26N4O3S/c1-24-19-11-16(4-3-15(19)7-9-27)21-6-5-18(30-21)12-17(13-23)26-22(28)20-14-25-8-2-10-29-20/h3-6,9,11,17,20,24-25H,2,7-8,10,12,14H2,1H3,(H,26,28). The van der Waals surface area contributed by atoms with Crippen molar-refractivity contribution in [1.82, 2.24) is 10.6 Å². The molecule has 8 heteroatoms. The lowest BCUT2D eigenvalue weighted by atomic mass is 10.1. The van der Waals surface area contributed by atoms with Crippen LogP contribution in [0.4, 0.5) is 5.69 Å². The average Bonchev–Trinajstić information content (AvgIpc) is 3.05. The fraction of sp³-hybridized carbons (Fsp3) is 0.409. The van der Waals surface area contributed by atoms with Crippen molar-refractivity contribution in [2.75, 3.05) is 32.1 Å². The van der Waals surface area contributed by atoms with Crippen LogP contribution >= 0.6 is 11.3 Å². The van der Waals surface area contributed by atoms with E-state index in [4.69, 9.17) is 4.74 Å². The maximum absolute atomic E-state index is 12.4. The number of anilines is 1. The number of thiophene rings is 1. The van der Waals surface area contributed by atoms with E-state index < -0.39 is 12.1 Å². The van der Waals surface area contributed by atoms with Crippen molar-refractivity contribution < 1.29 is 14.3 Å². The van der Waals surface area contributed by atoms with Crippen molar-refractivity contribution in [2.24, 2.45) is 0 Å². The third kappa shape index (κ3) is 5.66. The number of amides is 1. The summed E-state index contributed by atoms with van der Waals surface area (Å²) in [5, 5.41) is 18.6. The molecule has 158 valence electrons. The molecule has 0 bridgehead atoms. The normalized spacial score (nSPS) is 17.4. The molecule has 2 aromatic rings. The smallest absolute Gasteiger partial charge is 0.251 e. The molecule has 3 N–H and O–H groups in total. The molecule has 30 heavy (non-hydrogen) atoms. The van der Waals surface area contributed by atoms with Gasteiger partial charge >= 0.3 is 0 Å². The summed E-state index contributed by atoms with van der Waals surface area (Å²) in [7, 11) is 1.83. The average molecular weight is 427 g/mol. The van der Waals surface area contributed by atoms with Crippen LogP contribution in [0.1, 0.15) is 16.9 Å². The fourth-order valence-corrected chi connectivity index (χ4v) is 4.40. The molecule has 2 heterocycles. The Morgan fingerprint density at radius 2 is 2.30 bits per heavy atom. The number of carbonyl (C=O) groups is 2. The molecule has 0 radical (unpaired) electrons. The predicted octanol–water partition coefficient (Wildman–Crippen LogP) is 2.13. The number of nitrogens with one attached hydrogen (secondary N) is 3. The number of nitriles is 1. The van der Waals surface area contributed by atoms with Crippen LogP contribution in [0, 0.1) is 11.3 Å². The molecule has 7 nitrogen and oxygen atoms in total. The Balaban J connectivity index is 1.65. The summed E-state index contributed by atoms with van der Waals surface area (Å²) < 4.78 is 5.56. The molecule has 1 amide bonds. The highest BCUT2D eigenvalue weighted by atomic mass is 32.1. The molecule has 1 aromatic carbocycles. The van der Waals surface area contributed by atoms with Crippen LogP contribution in [0.5, 0.6) is 0 Å². The summed E-state index contributed by atoms with van der Waals surface area (Å²) in [5.41, 5.74) is 2.92. The molecular formula is C22H26N4O3S. The molecule has 1 aliphatic heterocycles. The van der Waals surface area contributed by atoms with Gasteiger partial charge in [-0.05, 0) is 42.3 Å². The van der Waals surface area contributed by atoms with E-state index in [1.807, 2.05) is 37.4 Å². The Morgan fingerprint density at radius 3 is 3.07 bits per heavy atom. The maximum Gasteiger partial charge on any atom is 0.251 e. The first kappa shape index (κ1) is 22.0. The first-order valence-corrected chi connectivity index (χ1v) is 10.8. The molecule has 1 aromatic heterocycles. The Morgan fingerprint density at radius 1 is 1.43 bits per heavy atom. The van der Waals surface area contributed by atoms with Crippen molar-refractivity contribution in [3.05, 3.63) is 40.8 Å². The summed E-state index contributed by atoms with van der Waals surface area (Å²) in [6.07, 6.45) is 2.01. The van der Waals surface area contributed by atoms with Crippen LogP contribution in [0.15, 0.2) is 30.3 Å². The van der Waals surface area contributed by atoms with E-state index in [1.165, 1.54) is 0 Å². The van der Waals surface area contributed by atoms with Gasteiger partial charge in [0.25, 0.3) is 5.91 Å². The van der Waals surface area contributed by atoms with Gasteiger partial charge in [-0.25, -0.2) is 0 Å². The predicted molar refractivity (Wildman–Crippen MR) is 118 cm³/mol. The van der Waals surface area contributed by atoms with Gasteiger partial charge in [0.05, 0.1) is 6.07 Å². The lowest BCUT2D eigenvalue weighted by molar-refractivity contribution is -0.132. The van der Waals surface area contributed by atoms with Crippen LogP contribution in [-0.2, 0) is 27.2 Å². The molecule has 0 saturated carbocycles. The van der Waals surface area contributed by atoms with Crippen molar-refractivity contribution >= 4 is 29.2 Å². The van der Waals surface area contributed by atoms with Gasteiger partial charge < -0.3 is 25.5 Å². The molecular weight excluding hydrogens is 400 g/mol. The minimum atomic E-state index is -0.612. The molecule has 2 unspecified atom stereocenters. The second-order valence-electron chi connectivity index (χ2n) is 7.07. The first-order chi connectivity index (χ1) is 14.6. The summed E-state index contributed by atoms with van der Waals surface area (Å²) in [6, 6.07) is 11.5. The minimum absolute atomic E-state index is 0.253. The highest BCUT2D eigenvalue weighted by molar-refractivity contribution is 7.15. The van der Waals surface area contributed by atoms with Crippen LogP contribution in [-0.4, -0.2) is 51.1 Å². The number of nitrogens with zero attached hydrogens (tertiary/aromatic N) is 1. The van der Waals surface area contributed by atoms with Gasteiger partial charge in [-0.2, -0.15) is 5.26 Å². The second-order valence-corrected chi connectivity index (χ2v) is 8.24. The Labute approximate surface area is 180 Å². The van der Waals surface area contributed by atoms with E-state index in [9.17, 15) is 14.9 Å². The topological polar surface area (TPSA) is 103 Å². The number of aldehydes is 1. The zero-order valence-electron chi connectivity index (χ0n) is 16.9. The molecule has 3 rings (SSSR count). The van der Waals surface area contributed by atoms with E-state index in [0.29, 0.717) is 26.0 Å². The van der Waals surface area contributed by atoms with Gasteiger partial charge in [0.2, 0.25) is 0 Å². The SMILES string of the molecule is CNc1cc(-c2ccc(CC(C#N)NC(=O)C3CNCCCO3)s2)ccc1CC=O. The molecule has 1 saturated heterocycles. The monoisotopic (exact) mass is 426 g/mol. The molecule has 1 fully saturated rings. The molecule has 2 atom stereocenters. The first-order valence-electron chi connectivity index (χ1n) is 10.00. The third-order valence-corrected chi connectivity index (χ3v) is 6.10. The second kappa shape index (κ2) is 10.9. The number of benzene rings is 1. The number of hydrogen-bond donors (Lipinski definition) is 3. The largest absolute Gasteiger partial charge is 0.388 e. The summed E-state index contributed by atoms with van der Waals surface area (Å²) in [5.74, 6) is -0.253. The summed E-state index contributed by atoms with van der Waals surface area (Å²) in [6.45, 7) is 1.83. The Kier molecular flexibility index (Phi) is 7.97. The third-order valence-electron chi connectivity index (χ3n) is 4.95. The number of ether oxygens (including phenoxy) is 1. The highest BCUT2D eigenvalue weighted by Gasteiger charge is 2.23. The summed E-state index contributed by atoms with van der Waals surface area (Å²) >= 11 is 1.59. The zero-order valence-corrected chi connectivity index (χ0v) is 17.8. The Hall–Kier alpha value is -2.73. The van der Waals surface area contributed by atoms with Crippen LogP contribution < -0.4 is 16.0 Å². The van der Waals surface area contributed by atoms with Crippen molar-refractivity contribution in [3.63, 3.8) is 0 Å². The van der Waals surface area contributed by atoms with Crippen molar-refractivity contribution in [2.45, 2.75) is 31.4 Å². The number of rotatable bonds is 8. The lowest BCUT2D eigenvalue weighted by Crippen LogP contribution is -2.46. The lowest BCUT2D eigenvalue weighted by Gasteiger charge is -2.17. The van der Waals surface area contributed by atoms with E-state index >= 15 is 0 Å². The van der Waals surface area contributed by atoms with E-state index in [2.05, 4.69) is 22.0 Å². The highest BCUT2D eigenvalue weighted by Crippen LogP contribution is 2.32. The van der Waals surface area contributed by atoms with Gasteiger partial charge in [0, 0.05) is 48.5 Å². The van der Waals surface area contributed by atoms with Gasteiger partial charge in [0.1, 0.15) is 18.4 Å². The number of carbonyl (C=O) groups excluding carboxylic acids is 2. The molecule has 1 aliphatic rings. The quantitative estimate of drug-likeness (QED) is 0.559. The van der Waals surface area contributed by atoms with Gasteiger partial charge in [-0.1, -0.05) is 12.1 Å². The van der Waals surface area contributed by atoms with Crippen LogP contribution in [0.25, 0.3) is 10.4 Å². The summed E-state index contributed by atoms with van der Waals surface area (Å²) in [4.78, 5) is 25.4. The van der Waals surface area contributed by atoms with E-state index in [0.717, 1.165) is 45.8 Å².